The van der Waals surface area contributed by atoms with Crippen molar-refractivity contribution in [2.24, 2.45) is 0 Å². The number of ether oxygens (including phenoxy) is 1. The van der Waals surface area contributed by atoms with Gasteiger partial charge in [-0.15, -0.1) is 0 Å². The number of benzene rings is 1. The molecular weight excluding hydrogens is 306 g/mol. The molecule has 0 aliphatic rings. The van der Waals surface area contributed by atoms with E-state index in [0.717, 1.165) is 11.3 Å². The predicted molar refractivity (Wildman–Crippen MR) is 89.8 cm³/mol. The number of nitrogens with zero attached hydrogens (tertiary/aromatic N) is 3. The van der Waals surface area contributed by atoms with Crippen molar-refractivity contribution in [1.82, 2.24) is 9.97 Å². The molecular formula is C17H15N5O2. The minimum Gasteiger partial charge on any atom is -0.477 e. The topological polar surface area (TPSA) is 110 Å². The third-order valence-corrected chi connectivity index (χ3v) is 3.28. The molecule has 3 N–H and O–H groups in total. The average molecular weight is 321 g/mol. The lowest BCUT2D eigenvalue weighted by Gasteiger charge is -2.11. The zero-order valence-electron chi connectivity index (χ0n) is 13.0. The molecule has 2 aromatic heterocycles. The highest BCUT2D eigenvalue weighted by Gasteiger charge is 2.12. The van der Waals surface area contributed by atoms with Gasteiger partial charge in [-0.1, -0.05) is 0 Å². The van der Waals surface area contributed by atoms with Crippen LogP contribution in [0.4, 0.5) is 17.2 Å². The van der Waals surface area contributed by atoms with Crippen LogP contribution in [0.5, 0.6) is 5.88 Å². The van der Waals surface area contributed by atoms with Gasteiger partial charge in [-0.2, -0.15) is 10.2 Å². The average Bonchev–Trinajstić information content (AvgIpc) is 3.10. The highest BCUT2D eigenvalue weighted by Crippen LogP contribution is 2.28. The third-order valence-electron chi connectivity index (χ3n) is 3.28. The Morgan fingerprint density at radius 1 is 1.33 bits per heavy atom. The van der Waals surface area contributed by atoms with Crippen LogP contribution in [0.25, 0.3) is 11.3 Å². The van der Waals surface area contributed by atoms with E-state index in [0.29, 0.717) is 23.9 Å². The molecule has 0 aliphatic heterocycles. The summed E-state index contributed by atoms with van der Waals surface area (Å²) < 4.78 is 10.6. The Labute approximate surface area is 138 Å². The number of nitrogens with two attached hydrogens (primary N) is 1. The van der Waals surface area contributed by atoms with Crippen molar-refractivity contribution in [2.45, 2.75) is 6.92 Å². The van der Waals surface area contributed by atoms with Gasteiger partial charge < -0.3 is 20.2 Å². The van der Waals surface area contributed by atoms with Crippen LogP contribution in [0, 0.1) is 11.3 Å². The highest BCUT2D eigenvalue weighted by molar-refractivity contribution is 5.69. The van der Waals surface area contributed by atoms with Gasteiger partial charge in [0.2, 0.25) is 5.88 Å². The first kappa shape index (κ1) is 15.4. The highest BCUT2D eigenvalue weighted by atomic mass is 16.5. The summed E-state index contributed by atoms with van der Waals surface area (Å²) in [5.41, 5.74) is 8.19. The van der Waals surface area contributed by atoms with Gasteiger partial charge in [0.15, 0.2) is 12.2 Å². The molecule has 24 heavy (non-hydrogen) atoms. The Hall–Kier alpha value is -3.53. The second-order valence-corrected chi connectivity index (χ2v) is 4.89. The first-order valence-electron chi connectivity index (χ1n) is 7.30. The van der Waals surface area contributed by atoms with Crippen LogP contribution in [-0.4, -0.2) is 16.6 Å². The smallest absolute Gasteiger partial charge is 0.235 e. The van der Waals surface area contributed by atoms with Crippen LogP contribution in [0.3, 0.4) is 0 Å². The lowest BCUT2D eigenvalue weighted by atomic mass is 10.1. The van der Waals surface area contributed by atoms with E-state index in [-0.39, 0.29) is 11.4 Å². The van der Waals surface area contributed by atoms with Gasteiger partial charge in [-0.25, -0.2) is 4.98 Å². The van der Waals surface area contributed by atoms with Gasteiger partial charge in [-0.3, -0.25) is 0 Å². The number of rotatable bonds is 5. The summed E-state index contributed by atoms with van der Waals surface area (Å²) in [7, 11) is 0. The largest absolute Gasteiger partial charge is 0.477 e. The Bertz CT molecular complexity index is 867. The van der Waals surface area contributed by atoms with Crippen LogP contribution < -0.4 is 15.8 Å². The number of nitrogen functional groups attached to an aromatic ring is 1. The first-order valence-corrected chi connectivity index (χ1v) is 7.30. The van der Waals surface area contributed by atoms with Gasteiger partial charge in [0.25, 0.3) is 0 Å². The molecule has 0 aliphatic carbocycles. The van der Waals surface area contributed by atoms with Gasteiger partial charge >= 0.3 is 0 Å². The number of nitrogens with one attached hydrogen (secondary N) is 1. The number of hydrogen-bond donors (Lipinski definition) is 2. The molecule has 7 nitrogen and oxygen atoms in total. The van der Waals surface area contributed by atoms with E-state index < -0.39 is 0 Å². The van der Waals surface area contributed by atoms with Gasteiger partial charge in [-0.05, 0) is 31.2 Å². The van der Waals surface area contributed by atoms with Gasteiger partial charge in [0, 0.05) is 17.3 Å². The van der Waals surface area contributed by atoms with Crippen LogP contribution in [0.2, 0.25) is 0 Å². The van der Waals surface area contributed by atoms with Crippen LogP contribution in [0.1, 0.15) is 12.5 Å². The third kappa shape index (κ3) is 3.13. The summed E-state index contributed by atoms with van der Waals surface area (Å²) >= 11 is 0. The number of pyridine rings is 1. The van der Waals surface area contributed by atoms with Crippen molar-refractivity contribution in [2.75, 3.05) is 17.7 Å². The van der Waals surface area contributed by atoms with E-state index in [4.69, 9.17) is 20.1 Å². The number of aromatic nitrogens is 2. The number of oxazole rings is 1. The molecule has 3 aromatic rings. The van der Waals surface area contributed by atoms with Crippen molar-refractivity contribution >= 4 is 17.2 Å². The van der Waals surface area contributed by atoms with Crippen molar-refractivity contribution in [3.63, 3.8) is 0 Å². The van der Waals surface area contributed by atoms with Gasteiger partial charge in [0.05, 0.1) is 18.5 Å². The summed E-state index contributed by atoms with van der Waals surface area (Å²) in [5.74, 6) is 1.42. The van der Waals surface area contributed by atoms with E-state index in [2.05, 4.69) is 15.3 Å². The Morgan fingerprint density at radius 2 is 2.12 bits per heavy atom. The predicted octanol–water partition coefficient (Wildman–Crippen LogP) is 3.33. The summed E-state index contributed by atoms with van der Waals surface area (Å²) in [6.07, 6.45) is 3.04. The molecule has 7 heteroatoms. The first-order chi connectivity index (χ1) is 11.7. The molecule has 2 heterocycles. The van der Waals surface area contributed by atoms with E-state index in [1.54, 1.807) is 12.3 Å². The zero-order valence-corrected chi connectivity index (χ0v) is 13.0. The Balaban J connectivity index is 1.84. The van der Waals surface area contributed by atoms with E-state index in [1.807, 2.05) is 37.3 Å². The molecule has 0 fully saturated rings. The fourth-order valence-corrected chi connectivity index (χ4v) is 2.18. The minimum atomic E-state index is 0.223. The molecule has 0 bridgehead atoms. The van der Waals surface area contributed by atoms with Crippen molar-refractivity contribution in [3.05, 3.63) is 48.5 Å². The number of anilines is 3. The van der Waals surface area contributed by atoms with Crippen LogP contribution >= 0.6 is 0 Å². The number of hydrogen-bond acceptors (Lipinski definition) is 7. The summed E-state index contributed by atoms with van der Waals surface area (Å²) in [4.78, 5) is 8.19. The molecule has 120 valence electrons. The maximum Gasteiger partial charge on any atom is 0.235 e. The normalized spacial score (nSPS) is 10.2. The number of nitriles is 1. The lowest BCUT2D eigenvalue weighted by Crippen LogP contribution is -2.04. The maximum atomic E-state index is 9.14. The molecule has 0 unspecified atom stereocenters. The fourth-order valence-electron chi connectivity index (χ4n) is 2.18. The Morgan fingerprint density at radius 3 is 2.75 bits per heavy atom. The summed E-state index contributed by atoms with van der Waals surface area (Å²) in [5, 5.41) is 12.3. The monoisotopic (exact) mass is 321 g/mol. The second kappa shape index (κ2) is 6.71. The van der Waals surface area contributed by atoms with Crippen molar-refractivity contribution in [1.29, 1.82) is 5.26 Å². The van der Waals surface area contributed by atoms with E-state index in [1.165, 1.54) is 6.39 Å². The summed E-state index contributed by atoms with van der Waals surface area (Å²) in [6, 6.07) is 11.2. The lowest BCUT2D eigenvalue weighted by molar-refractivity contribution is 0.326. The SMILES string of the molecule is CCOc1nc(Nc2ccc(-c3cnco3)cc2)cc(N)c1C#N. The Kier molecular flexibility index (Phi) is 4.29. The quantitative estimate of drug-likeness (QED) is 0.741. The molecule has 0 atom stereocenters. The van der Waals surface area contributed by atoms with E-state index >= 15 is 0 Å². The second-order valence-electron chi connectivity index (χ2n) is 4.89. The molecule has 0 saturated heterocycles. The molecule has 0 amide bonds. The molecule has 1 aromatic carbocycles. The molecule has 0 spiro atoms. The van der Waals surface area contributed by atoms with Crippen molar-refractivity contribution < 1.29 is 9.15 Å². The van der Waals surface area contributed by atoms with Crippen LogP contribution in [-0.2, 0) is 0 Å². The summed E-state index contributed by atoms with van der Waals surface area (Å²) in [6.45, 7) is 2.22. The van der Waals surface area contributed by atoms with Crippen molar-refractivity contribution in [3.8, 4) is 23.3 Å². The molecule has 0 radical (unpaired) electrons. The zero-order chi connectivity index (χ0) is 16.9. The standard InChI is InChI=1S/C17H15N5O2/c1-2-23-17-13(8-18)14(19)7-16(22-17)21-12-5-3-11(4-6-12)15-9-20-10-24-15/h3-7,9-10H,2H2,1H3,(H3,19,21,22). The molecule has 3 rings (SSSR count). The maximum absolute atomic E-state index is 9.14. The minimum absolute atomic E-state index is 0.223. The molecule has 0 saturated carbocycles. The van der Waals surface area contributed by atoms with E-state index in [9.17, 15) is 0 Å². The van der Waals surface area contributed by atoms with Gasteiger partial charge in [0.1, 0.15) is 17.5 Å². The fraction of sp³-hybridized carbons (Fsp3) is 0.118. The van der Waals surface area contributed by atoms with Crippen LogP contribution in [0.15, 0.2) is 47.3 Å².